The van der Waals surface area contributed by atoms with Crippen LogP contribution in [-0.4, -0.2) is 51.1 Å². The van der Waals surface area contributed by atoms with E-state index in [2.05, 4.69) is 11.6 Å². The van der Waals surface area contributed by atoms with Crippen molar-refractivity contribution < 1.29 is 13.9 Å². The van der Waals surface area contributed by atoms with Crippen molar-refractivity contribution in [3.63, 3.8) is 0 Å². The Morgan fingerprint density at radius 2 is 2.20 bits per heavy atom. The summed E-state index contributed by atoms with van der Waals surface area (Å²) in [5, 5.41) is 0. The number of nitrogens with zero attached hydrogens (tertiary/aromatic N) is 4. The van der Waals surface area contributed by atoms with Crippen LogP contribution in [0, 0.1) is 13.8 Å². The number of imidazole rings is 1. The predicted molar refractivity (Wildman–Crippen MR) is 113 cm³/mol. The number of amides is 1. The van der Waals surface area contributed by atoms with Crippen LogP contribution in [0.1, 0.15) is 34.9 Å². The summed E-state index contributed by atoms with van der Waals surface area (Å²) in [5.74, 6) is 1.30. The van der Waals surface area contributed by atoms with Crippen molar-refractivity contribution in [1.82, 2.24) is 18.9 Å². The fraction of sp³-hybridized carbons (Fsp3) is 0.409. The fourth-order valence-electron chi connectivity index (χ4n) is 4.07. The van der Waals surface area contributed by atoms with E-state index in [0.717, 1.165) is 29.9 Å². The van der Waals surface area contributed by atoms with Gasteiger partial charge in [-0.3, -0.25) is 18.6 Å². The molecule has 4 heterocycles. The number of aryl methyl sites for hydroxylation is 2. The number of aromatic nitrogens is 3. The Labute approximate surface area is 174 Å². The highest BCUT2D eigenvalue weighted by molar-refractivity contribution is 5.93. The third kappa shape index (κ3) is 3.47. The number of carbonyl (C=O) groups excluding carboxylic acids is 1. The zero-order valence-corrected chi connectivity index (χ0v) is 17.6. The van der Waals surface area contributed by atoms with Crippen molar-refractivity contribution in [1.29, 1.82) is 0 Å². The molecule has 3 aromatic rings. The van der Waals surface area contributed by atoms with Crippen LogP contribution in [0.5, 0.6) is 0 Å². The highest BCUT2D eigenvalue weighted by Gasteiger charge is 2.27. The minimum absolute atomic E-state index is 0.0310. The Kier molecular flexibility index (Phi) is 5.34. The van der Waals surface area contributed by atoms with Crippen LogP contribution in [0.2, 0.25) is 0 Å². The molecule has 0 aliphatic carbocycles. The van der Waals surface area contributed by atoms with Gasteiger partial charge < -0.3 is 14.1 Å². The molecule has 1 aliphatic heterocycles. The molecule has 1 atom stereocenters. The lowest BCUT2D eigenvalue weighted by Crippen LogP contribution is -2.43. The van der Waals surface area contributed by atoms with E-state index in [0.29, 0.717) is 25.3 Å². The molecule has 0 spiro atoms. The first-order valence-electron chi connectivity index (χ1n) is 10.1. The number of likely N-dealkylation sites (tertiary alicyclic amines) is 1. The van der Waals surface area contributed by atoms with Crippen molar-refractivity contribution >= 4 is 11.6 Å². The molecule has 1 amide bonds. The van der Waals surface area contributed by atoms with Gasteiger partial charge in [0.1, 0.15) is 17.2 Å². The largest absolute Gasteiger partial charge is 0.466 e. The Morgan fingerprint density at radius 3 is 2.87 bits per heavy atom. The summed E-state index contributed by atoms with van der Waals surface area (Å²) < 4.78 is 14.3. The molecule has 1 saturated heterocycles. The number of piperidine rings is 1. The second-order valence-corrected chi connectivity index (χ2v) is 7.65. The summed E-state index contributed by atoms with van der Waals surface area (Å²) in [4.78, 5) is 32.3. The molecule has 158 valence electrons. The first kappa shape index (κ1) is 20.2. The van der Waals surface area contributed by atoms with Gasteiger partial charge in [0.05, 0.1) is 11.8 Å². The monoisotopic (exact) mass is 410 g/mol. The SMILES string of the molecule is C=CCn1c(-c2cc(C)oc2C)cn2cc(C(=O)N3CCC[C@@H](OC)C3)nc2c1=O. The summed E-state index contributed by atoms with van der Waals surface area (Å²) in [6, 6.07) is 1.90. The number of allylic oxidation sites excluding steroid dienone is 1. The molecule has 1 aliphatic rings. The molecule has 8 heteroatoms. The van der Waals surface area contributed by atoms with E-state index in [9.17, 15) is 9.59 Å². The predicted octanol–water partition coefficient (Wildman–Crippen LogP) is 2.81. The normalized spacial score (nSPS) is 16.9. The topological polar surface area (TPSA) is 82.0 Å². The second kappa shape index (κ2) is 7.95. The lowest BCUT2D eigenvalue weighted by atomic mass is 10.1. The first-order chi connectivity index (χ1) is 14.4. The van der Waals surface area contributed by atoms with Gasteiger partial charge in [0.2, 0.25) is 5.65 Å². The Bertz CT molecular complexity index is 1170. The van der Waals surface area contributed by atoms with Crippen LogP contribution >= 0.6 is 0 Å². The second-order valence-electron chi connectivity index (χ2n) is 7.65. The molecule has 0 bridgehead atoms. The minimum atomic E-state index is -0.280. The molecule has 0 N–H and O–H groups in total. The molecule has 1 fully saturated rings. The van der Waals surface area contributed by atoms with Gasteiger partial charge in [0.25, 0.3) is 11.5 Å². The molecule has 8 nitrogen and oxygen atoms in total. The standard InChI is InChI=1S/C22H26N4O4/c1-5-8-26-19(17-10-14(2)30-15(17)3)13-25-12-18(23-20(25)22(26)28)21(27)24-9-6-7-16(11-24)29-4/h5,10,12-13,16H,1,6-9,11H2,2-4H3/t16-/m1/s1. The van der Waals surface area contributed by atoms with Crippen molar-refractivity contribution in [2.75, 3.05) is 20.2 Å². The van der Waals surface area contributed by atoms with E-state index in [-0.39, 0.29) is 28.9 Å². The maximum absolute atomic E-state index is 13.2. The average molecular weight is 410 g/mol. The number of ether oxygens (including phenoxy) is 1. The number of hydrogen-bond donors (Lipinski definition) is 0. The highest BCUT2D eigenvalue weighted by atomic mass is 16.5. The molecular formula is C22H26N4O4. The van der Waals surface area contributed by atoms with Crippen LogP contribution in [0.3, 0.4) is 0 Å². The van der Waals surface area contributed by atoms with Crippen LogP contribution in [-0.2, 0) is 11.3 Å². The summed E-state index contributed by atoms with van der Waals surface area (Å²) in [6.45, 7) is 9.01. The van der Waals surface area contributed by atoms with E-state index in [1.54, 1.807) is 33.3 Å². The van der Waals surface area contributed by atoms with Crippen molar-refractivity contribution in [2.45, 2.75) is 39.3 Å². The number of methoxy groups -OCH3 is 1. The Hall–Kier alpha value is -3.13. The van der Waals surface area contributed by atoms with Crippen LogP contribution in [0.25, 0.3) is 16.9 Å². The number of rotatable bonds is 5. The van der Waals surface area contributed by atoms with Gasteiger partial charge in [0, 0.05) is 44.7 Å². The number of fused-ring (bicyclic) bond motifs is 1. The first-order valence-corrected chi connectivity index (χ1v) is 10.1. The Morgan fingerprint density at radius 1 is 1.40 bits per heavy atom. The van der Waals surface area contributed by atoms with Crippen molar-refractivity contribution in [2.24, 2.45) is 0 Å². The fourth-order valence-corrected chi connectivity index (χ4v) is 4.07. The van der Waals surface area contributed by atoms with Crippen molar-refractivity contribution in [3.8, 4) is 11.3 Å². The molecular weight excluding hydrogens is 384 g/mol. The molecule has 0 saturated carbocycles. The minimum Gasteiger partial charge on any atom is -0.466 e. The molecule has 30 heavy (non-hydrogen) atoms. The van der Waals surface area contributed by atoms with Gasteiger partial charge >= 0.3 is 0 Å². The third-order valence-corrected chi connectivity index (χ3v) is 5.57. The Balaban J connectivity index is 1.80. The van der Waals surface area contributed by atoms with Crippen LogP contribution in [0.15, 0.2) is 40.3 Å². The molecule has 0 radical (unpaired) electrons. The quantitative estimate of drug-likeness (QED) is 0.604. The van der Waals surface area contributed by atoms with E-state index in [4.69, 9.17) is 9.15 Å². The maximum Gasteiger partial charge on any atom is 0.295 e. The van der Waals surface area contributed by atoms with Gasteiger partial charge in [-0.15, -0.1) is 6.58 Å². The number of hydrogen-bond acceptors (Lipinski definition) is 5. The number of carbonyl (C=O) groups is 1. The van der Waals surface area contributed by atoms with Crippen LogP contribution in [0.4, 0.5) is 0 Å². The van der Waals surface area contributed by atoms with E-state index in [1.807, 2.05) is 26.1 Å². The van der Waals surface area contributed by atoms with Gasteiger partial charge in [-0.25, -0.2) is 4.98 Å². The van der Waals surface area contributed by atoms with E-state index in [1.165, 1.54) is 0 Å². The smallest absolute Gasteiger partial charge is 0.295 e. The zero-order valence-electron chi connectivity index (χ0n) is 17.6. The zero-order chi connectivity index (χ0) is 21.4. The third-order valence-electron chi connectivity index (χ3n) is 5.57. The van der Waals surface area contributed by atoms with Gasteiger partial charge in [-0.05, 0) is 32.8 Å². The van der Waals surface area contributed by atoms with Gasteiger partial charge in [-0.2, -0.15) is 0 Å². The van der Waals surface area contributed by atoms with E-state index < -0.39 is 0 Å². The molecule has 0 unspecified atom stereocenters. The van der Waals surface area contributed by atoms with E-state index >= 15 is 0 Å². The summed E-state index contributed by atoms with van der Waals surface area (Å²) >= 11 is 0. The average Bonchev–Trinajstić information content (AvgIpc) is 3.32. The van der Waals surface area contributed by atoms with Crippen LogP contribution < -0.4 is 5.56 Å². The lowest BCUT2D eigenvalue weighted by Gasteiger charge is -2.31. The summed E-state index contributed by atoms with van der Waals surface area (Å²) in [5.41, 5.74) is 1.70. The van der Waals surface area contributed by atoms with Gasteiger partial charge in [0.15, 0.2) is 0 Å². The van der Waals surface area contributed by atoms with Crippen molar-refractivity contribution in [3.05, 3.63) is 58.7 Å². The summed E-state index contributed by atoms with van der Waals surface area (Å²) in [7, 11) is 1.66. The highest BCUT2D eigenvalue weighted by Crippen LogP contribution is 2.26. The number of furan rings is 1. The maximum atomic E-state index is 13.2. The van der Waals surface area contributed by atoms with Gasteiger partial charge in [-0.1, -0.05) is 6.08 Å². The molecule has 3 aromatic heterocycles. The molecule has 0 aromatic carbocycles. The molecule has 4 rings (SSSR count). The lowest BCUT2D eigenvalue weighted by molar-refractivity contribution is 0.0266. The summed E-state index contributed by atoms with van der Waals surface area (Å²) in [6.07, 6.45) is 6.95.